The van der Waals surface area contributed by atoms with Crippen molar-refractivity contribution in [2.45, 2.75) is 13.5 Å². The summed E-state index contributed by atoms with van der Waals surface area (Å²) in [5.74, 6) is -0.111. The molecule has 1 atom stereocenters. The first-order valence-electron chi connectivity index (χ1n) is 7.61. The van der Waals surface area contributed by atoms with Gasteiger partial charge in [0, 0.05) is 50.2 Å². The minimum absolute atomic E-state index is 0.00286. The number of piperazine rings is 1. The summed E-state index contributed by atoms with van der Waals surface area (Å²) < 4.78 is 13.1. The second-order valence-corrected chi connectivity index (χ2v) is 6.20. The number of benzene rings is 1. The topological polar surface area (TPSA) is 35.6 Å². The van der Waals surface area contributed by atoms with E-state index in [2.05, 4.69) is 10.2 Å². The Hall–Kier alpha value is -1.17. The Morgan fingerprint density at radius 2 is 2.05 bits per heavy atom. The van der Waals surface area contributed by atoms with Crippen LogP contribution in [0.2, 0.25) is 5.02 Å². The molecule has 1 heterocycles. The van der Waals surface area contributed by atoms with E-state index >= 15 is 0 Å². The smallest absolute Gasteiger partial charge is 0.226 e. The van der Waals surface area contributed by atoms with E-state index in [1.807, 2.05) is 18.9 Å². The quantitative estimate of drug-likeness (QED) is 0.898. The summed E-state index contributed by atoms with van der Waals surface area (Å²) in [5, 5.41) is 3.50. The highest BCUT2D eigenvalue weighted by Crippen LogP contribution is 2.20. The number of rotatable bonds is 5. The third-order valence-electron chi connectivity index (χ3n) is 4.02. The molecule has 0 spiro atoms. The van der Waals surface area contributed by atoms with E-state index in [0.29, 0.717) is 18.1 Å². The molecule has 0 bridgehead atoms. The van der Waals surface area contributed by atoms with E-state index in [4.69, 9.17) is 11.6 Å². The molecule has 1 amide bonds. The second kappa shape index (κ2) is 7.90. The van der Waals surface area contributed by atoms with Crippen molar-refractivity contribution in [1.82, 2.24) is 15.1 Å². The lowest BCUT2D eigenvalue weighted by atomic mass is 10.1. The van der Waals surface area contributed by atoms with Gasteiger partial charge in [0.25, 0.3) is 0 Å². The lowest BCUT2D eigenvalue weighted by Crippen LogP contribution is -2.50. The standard InChI is InChI=1S/C16H23ClFN3O/c1-12(10-19-2)16(22)21-7-5-20(6-8-21)11-13-3-4-14(18)9-15(13)17/h3-4,9,12,19H,5-8,10-11H2,1-2H3. The van der Waals surface area contributed by atoms with Crippen LogP contribution in [0.15, 0.2) is 18.2 Å². The highest BCUT2D eigenvalue weighted by molar-refractivity contribution is 6.31. The Morgan fingerprint density at radius 3 is 2.64 bits per heavy atom. The molecular formula is C16H23ClFN3O. The third-order valence-corrected chi connectivity index (χ3v) is 4.38. The molecule has 1 aliphatic heterocycles. The molecule has 22 heavy (non-hydrogen) atoms. The van der Waals surface area contributed by atoms with Crippen LogP contribution in [0.1, 0.15) is 12.5 Å². The maximum absolute atomic E-state index is 13.1. The lowest BCUT2D eigenvalue weighted by molar-refractivity contribution is -0.136. The molecule has 122 valence electrons. The molecule has 1 unspecified atom stereocenters. The summed E-state index contributed by atoms with van der Waals surface area (Å²) in [6.07, 6.45) is 0. The summed E-state index contributed by atoms with van der Waals surface area (Å²) in [6.45, 7) is 6.41. The highest BCUT2D eigenvalue weighted by Gasteiger charge is 2.24. The number of hydrogen-bond donors (Lipinski definition) is 1. The molecule has 1 aromatic carbocycles. The molecule has 1 N–H and O–H groups in total. The van der Waals surface area contributed by atoms with E-state index in [-0.39, 0.29) is 17.6 Å². The van der Waals surface area contributed by atoms with Gasteiger partial charge in [-0.2, -0.15) is 0 Å². The molecule has 0 saturated carbocycles. The predicted octanol–water partition coefficient (Wildman–Crippen LogP) is 1.98. The van der Waals surface area contributed by atoms with Crippen molar-refractivity contribution in [3.05, 3.63) is 34.6 Å². The van der Waals surface area contributed by atoms with Crippen molar-refractivity contribution in [3.8, 4) is 0 Å². The minimum atomic E-state index is -0.317. The average Bonchev–Trinajstić information content (AvgIpc) is 2.50. The molecule has 1 saturated heterocycles. The van der Waals surface area contributed by atoms with Crippen molar-refractivity contribution in [3.63, 3.8) is 0 Å². The fraction of sp³-hybridized carbons (Fsp3) is 0.562. The van der Waals surface area contributed by atoms with Gasteiger partial charge in [0.2, 0.25) is 5.91 Å². The maximum Gasteiger partial charge on any atom is 0.226 e. The van der Waals surface area contributed by atoms with Gasteiger partial charge in [-0.15, -0.1) is 0 Å². The van der Waals surface area contributed by atoms with Gasteiger partial charge < -0.3 is 10.2 Å². The van der Waals surface area contributed by atoms with Crippen molar-refractivity contribution < 1.29 is 9.18 Å². The molecule has 1 aliphatic rings. The molecule has 2 rings (SSSR count). The van der Waals surface area contributed by atoms with Gasteiger partial charge in [0.15, 0.2) is 0 Å². The number of carbonyl (C=O) groups is 1. The van der Waals surface area contributed by atoms with Gasteiger partial charge in [-0.25, -0.2) is 4.39 Å². The third kappa shape index (κ3) is 4.41. The Kier molecular flexibility index (Phi) is 6.17. The zero-order valence-corrected chi connectivity index (χ0v) is 13.9. The summed E-state index contributed by atoms with van der Waals surface area (Å²) in [4.78, 5) is 16.4. The van der Waals surface area contributed by atoms with Crippen LogP contribution in [0.25, 0.3) is 0 Å². The Morgan fingerprint density at radius 1 is 1.36 bits per heavy atom. The van der Waals surface area contributed by atoms with Crippen molar-refractivity contribution in [2.24, 2.45) is 5.92 Å². The number of hydrogen-bond acceptors (Lipinski definition) is 3. The SMILES string of the molecule is CNCC(C)C(=O)N1CCN(Cc2ccc(F)cc2Cl)CC1. The number of nitrogens with zero attached hydrogens (tertiary/aromatic N) is 2. The molecule has 4 nitrogen and oxygen atoms in total. The molecule has 1 aromatic rings. The van der Waals surface area contributed by atoms with Gasteiger partial charge in [-0.05, 0) is 24.7 Å². The molecule has 1 fully saturated rings. The first kappa shape index (κ1) is 17.2. The number of amides is 1. The number of halogens is 2. The largest absolute Gasteiger partial charge is 0.340 e. The minimum Gasteiger partial charge on any atom is -0.340 e. The van der Waals surface area contributed by atoms with Gasteiger partial charge in [0.1, 0.15) is 5.82 Å². The Labute approximate surface area is 136 Å². The van der Waals surface area contributed by atoms with Crippen LogP contribution in [0.3, 0.4) is 0 Å². The zero-order chi connectivity index (χ0) is 16.1. The molecule has 0 radical (unpaired) electrons. The zero-order valence-electron chi connectivity index (χ0n) is 13.1. The monoisotopic (exact) mass is 327 g/mol. The van der Waals surface area contributed by atoms with E-state index < -0.39 is 0 Å². The van der Waals surface area contributed by atoms with E-state index in [0.717, 1.165) is 31.7 Å². The molecular weight excluding hydrogens is 305 g/mol. The fourth-order valence-electron chi connectivity index (χ4n) is 2.72. The number of nitrogens with one attached hydrogen (secondary N) is 1. The van der Waals surface area contributed by atoms with Gasteiger partial charge >= 0.3 is 0 Å². The van der Waals surface area contributed by atoms with Gasteiger partial charge in [-0.1, -0.05) is 24.6 Å². The first-order chi connectivity index (χ1) is 10.5. The molecule has 0 aliphatic carbocycles. The van der Waals surface area contributed by atoms with Crippen molar-refractivity contribution in [2.75, 3.05) is 39.8 Å². The second-order valence-electron chi connectivity index (χ2n) is 5.80. The van der Waals surface area contributed by atoms with Crippen LogP contribution in [0.5, 0.6) is 0 Å². The predicted molar refractivity (Wildman–Crippen MR) is 86.4 cm³/mol. The van der Waals surface area contributed by atoms with Crippen LogP contribution in [0, 0.1) is 11.7 Å². The fourth-order valence-corrected chi connectivity index (χ4v) is 2.95. The Bertz CT molecular complexity index is 518. The highest BCUT2D eigenvalue weighted by atomic mass is 35.5. The van der Waals surface area contributed by atoms with Crippen LogP contribution < -0.4 is 5.32 Å². The normalized spacial score (nSPS) is 17.5. The molecule has 0 aromatic heterocycles. The van der Waals surface area contributed by atoms with E-state index in [1.165, 1.54) is 12.1 Å². The summed E-state index contributed by atoms with van der Waals surface area (Å²) in [7, 11) is 1.86. The van der Waals surface area contributed by atoms with E-state index in [1.54, 1.807) is 6.07 Å². The van der Waals surface area contributed by atoms with Crippen LogP contribution in [0.4, 0.5) is 4.39 Å². The van der Waals surface area contributed by atoms with Crippen LogP contribution >= 0.6 is 11.6 Å². The van der Waals surface area contributed by atoms with Crippen LogP contribution in [-0.4, -0.2) is 55.5 Å². The average molecular weight is 328 g/mol. The van der Waals surface area contributed by atoms with Crippen molar-refractivity contribution in [1.29, 1.82) is 0 Å². The van der Waals surface area contributed by atoms with Gasteiger partial charge in [-0.3, -0.25) is 9.69 Å². The Balaban J connectivity index is 1.85. The lowest BCUT2D eigenvalue weighted by Gasteiger charge is -2.36. The molecule has 6 heteroatoms. The number of carbonyl (C=O) groups excluding carboxylic acids is 1. The van der Waals surface area contributed by atoms with E-state index in [9.17, 15) is 9.18 Å². The maximum atomic E-state index is 13.1. The first-order valence-corrected chi connectivity index (χ1v) is 7.98. The summed E-state index contributed by atoms with van der Waals surface area (Å²) in [6, 6.07) is 4.50. The van der Waals surface area contributed by atoms with Crippen molar-refractivity contribution >= 4 is 17.5 Å². The van der Waals surface area contributed by atoms with Crippen LogP contribution in [-0.2, 0) is 11.3 Å². The summed E-state index contributed by atoms with van der Waals surface area (Å²) >= 11 is 6.07. The summed E-state index contributed by atoms with van der Waals surface area (Å²) in [5.41, 5.74) is 0.923. The van der Waals surface area contributed by atoms with Gasteiger partial charge in [0.05, 0.1) is 0 Å².